The molecular formula is C35H45N8O2. The number of carbonyl (C=O) groups excluding carboxylic acids is 1. The van der Waals surface area contributed by atoms with Crippen LogP contribution in [0, 0.1) is 6.92 Å². The van der Waals surface area contributed by atoms with E-state index < -0.39 is 0 Å². The summed E-state index contributed by atoms with van der Waals surface area (Å²) >= 11 is 0. The van der Waals surface area contributed by atoms with Gasteiger partial charge in [0.15, 0.2) is 11.5 Å². The standard InChI is InChI=1S/C35H45N8O2/c1-23-20-24(21-30(36-23)34(2,3)4)37-33(44)38-28-13-14-29(27-11-9-8-10-26(27)28)45-25-12-15-31-39-40-32(43(31)22-25)35(5,6)42-18-16-41(7)17-19-42/h8-12,15,20-22,28-29H,1,13-14,16-19H2,2-7H3,(H2,36,37,38,44)/t28-,29+/m0/s1. The number of fused-ring (bicyclic) bond motifs is 2. The second-order valence-electron chi connectivity index (χ2n) is 13.9. The van der Waals surface area contributed by atoms with Gasteiger partial charge < -0.3 is 20.3 Å². The van der Waals surface area contributed by atoms with Crippen LogP contribution in [0.3, 0.4) is 0 Å². The van der Waals surface area contributed by atoms with Crippen molar-refractivity contribution in [1.29, 1.82) is 0 Å². The highest BCUT2D eigenvalue weighted by atomic mass is 16.5. The Balaban J connectivity index is 1.18. The first kappa shape index (κ1) is 31.0. The van der Waals surface area contributed by atoms with Crippen molar-refractivity contribution in [3.8, 4) is 5.75 Å². The predicted molar refractivity (Wildman–Crippen MR) is 176 cm³/mol. The van der Waals surface area contributed by atoms with Crippen molar-refractivity contribution in [1.82, 2.24) is 34.7 Å². The van der Waals surface area contributed by atoms with E-state index in [2.05, 4.69) is 101 Å². The smallest absolute Gasteiger partial charge is 0.319 e. The number of nitrogens with one attached hydrogen (secondary N) is 2. The van der Waals surface area contributed by atoms with Crippen molar-refractivity contribution < 1.29 is 9.53 Å². The monoisotopic (exact) mass is 609 g/mol. The molecule has 3 aromatic heterocycles. The molecule has 0 unspecified atom stereocenters. The minimum Gasteiger partial charge on any atom is -0.484 e. The van der Waals surface area contributed by atoms with Crippen LogP contribution in [0.2, 0.25) is 0 Å². The maximum atomic E-state index is 13.2. The molecule has 0 saturated carbocycles. The number of anilines is 1. The topological polar surface area (TPSA) is 99.9 Å². The number of benzene rings is 1. The summed E-state index contributed by atoms with van der Waals surface area (Å²) in [6.07, 6.45) is 3.37. The van der Waals surface area contributed by atoms with E-state index in [1.165, 1.54) is 0 Å². The molecule has 1 aliphatic heterocycles. The highest BCUT2D eigenvalue weighted by Gasteiger charge is 2.35. The molecule has 2 atom stereocenters. The molecule has 1 radical (unpaired) electrons. The summed E-state index contributed by atoms with van der Waals surface area (Å²) in [7, 11) is 2.17. The van der Waals surface area contributed by atoms with E-state index in [4.69, 9.17) is 4.74 Å². The Hall–Kier alpha value is -4.02. The van der Waals surface area contributed by atoms with E-state index in [-0.39, 0.29) is 29.1 Å². The zero-order valence-electron chi connectivity index (χ0n) is 27.3. The molecular weight excluding hydrogens is 564 g/mol. The third kappa shape index (κ3) is 6.53. The van der Waals surface area contributed by atoms with Crippen LogP contribution < -0.4 is 15.4 Å². The Morgan fingerprint density at radius 2 is 1.69 bits per heavy atom. The summed E-state index contributed by atoms with van der Waals surface area (Å²) in [5.41, 5.74) is 4.70. The normalized spacial score (nSPS) is 19.7. The zero-order chi connectivity index (χ0) is 31.9. The average Bonchev–Trinajstić information content (AvgIpc) is 3.42. The largest absolute Gasteiger partial charge is 0.484 e. The third-order valence-electron chi connectivity index (χ3n) is 9.14. The molecule has 237 valence electrons. The highest BCUT2D eigenvalue weighted by molar-refractivity contribution is 5.89. The van der Waals surface area contributed by atoms with Crippen LogP contribution in [0.25, 0.3) is 5.65 Å². The van der Waals surface area contributed by atoms with Crippen molar-refractivity contribution in [3.05, 3.63) is 90.0 Å². The summed E-state index contributed by atoms with van der Waals surface area (Å²) in [4.78, 5) is 22.5. The molecule has 1 aromatic carbocycles. The molecule has 2 N–H and O–H groups in total. The van der Waals surface area contributed by atoms with E-state index in [1.54, 1.807) is 6.07 Å². The van der Waals surface area contributed by atoms with Crippen molar-refractivity contribution in [2.45, 2.75) is 70.6 Å². The molecule has 0 spiro atoms. The van der Waals surface area contributed by atoms with Gasteiger partial charge in [0, 0.05) is 48.7 Å². The van der Waals surface area contributed by atoms with Gasteiger partial charge in [-0.2, -0.15) is 0 Å². The van der Waals surface area contributed by atoms with Crippen molar-refractivity contribution in [2.75, 3.05) is 38.5 Å². The van der Waals surface area contributed by atoms with Crippen LogP contribution in [0.4, 0.5) is 10.5 Å². The van der Waals surface area contributed by atoms with E-state index >= 15 is 0 Å². The maximum Gasteiger partial charge on any atom is 0.319 e. The van der Waals surface area contributed by atoms with Gasteiger partial charge in [-0.1, -0.05) is 45.0 Å². The lowest BCUT2D eigenvalue weighted by Gasteiger charge is -2.42. The number of urea groups is 1. The summed E-state index contributed by atoms with van der Waals surface area (Å²) in [6, 6.07) is 15.5. The molecule has 4 aromatic rings. The van der Waals surface area contributed by atoms with Gasteiger partial charge in [-0.25, -0.2) is 4.79 Å². The number of amides is 2. The number of hydrogen-bond acceptors (Lipinski definition) is 7. The molecule has 45 heavy (non-hydrogen) atoms. The van der Waals surface area contributed by atoms with Crippen LogP contribution in [-0.2, 0) is 11.0 Å². The van der Waals surface area contributed by atoms with Crippen LogP contribution in [0.15, 0.2) is 54.7 Å². The first-order valence-corrected chi connectivity index (χ1v) is 15.8. The van der Waals surface area contributed by atoms with Gasteiger partial charge in [0.05, 0.1) is 17.8 Å². The van der Waals surface area contributed by atoms with E-state index in [0.717, 1.165) is 73.1 Å². The number of hydrogen-bond donors (Lipinski definition) is 2. The summed E-state index contributed by atoms with van der Waals surface area (Å²) in [5.74, 6) is 1.67. The van der Waals surface area contributed by atoms with Crippen molar-refractivity contribution in [3.63, 3.8) is 0 Å². The summed E-state index contributed by atoms with van der Waals surface area (Å²) in [5, 5.41) is 15.3. The SMILES string of the molecule is [CH2]c1cc(NC(=O)N[C@H]2CC[C@@H](Oc3ccc4nnc(C(C)(C)N5CCN(C)CC5)n4c3)c3ccccc32)cc(C(C)(C)C)n1. The second-order valence-corrected chi connectivity index (χ2v) is 13.9. The van der Waals surface area contributed by atoms with Gasteiger partial charge in [0.25, 0.3) is 0 Å². The number of aromatic nitrogens is 4. The lowest BCUT2D eigenvalue weighted by molar-refractivity contribution is 0.0544. The Bertz CT molecular complexity index is 1680. The van der Waals surface area contributed by atoms with Gasteiger partial charge >= 0.3 is 6.03 Å². The Labute approximate surface area is 266 Å². The number of ether oxygens (including phenoxy) is 1. The number of rotatable bonds is 6. The van der Waals surface area contributed by atoms with Gasteiger partial charge in [0.1, 0.15) is 11.9 Å². The average molecular weight is 610 g/mol. The van der Waals surface area contributed by atoms with E-state index in [0.29, 0.717) is 11.4 Å². The number of pyridine rings is 2. The van der Waals surface area contributed by atoms with E-state index in [9.17, 15) is 4.79 Å². The van der Waals surface area contributed by atoms with Gasteiger partial charge in [-0.05, 0) is 76.1 Å². The molecule has 2 amide bonds. The summed E-state index contributed by atoms with van der Waals surface area (Å²) < 4.78 is 8.72. The minimum atomic E-state index is -0.282. The fourth-order valence-corrected chi connectivity index (χ4v) is 6.42. The quantitative estimate of drug-likeness (QED) is 0.282. The Morgan fingerprint density at radius 3 is 2.42 bits per heavy atom. The number of likely N-dealkylation sites (N-methyl/N-ethyl adjacent to an activating group) is 1. The van der Waals surface area contributed by atoms with Crippen molar-refractivity contribution in [2.24, 2.45) is 0 Å². The van der Waals surface area contributed by atoms with Gasteiger partial charge in [-0.3, -0.25) is 14.3 Å². The van der Waals surface area contributed by atoms with E-state index in [1.807, 2.05) is 36.5 Å². The molecule has 1 saturated heterocycles. The molecule has 4 heterocycles. The first-order chi connectivity index (χ1) is 21.4. The predicted octanol–water partition coefficient (Wildman–Crippen LogP) is 5.86. The third-order valence-corrected chi connectivity index (χ3v) is 9.14. The zero-order valence-corrected chi connectivity index (χ0v) is 27.3. The Kier molecular flexibility index (Phi) is 8.30. The van der Waals surface area contributed by atoms with Crippen LogP contribution in [0.1, 0.15) is 87.9 Å². The first-order valence-electron chi connectivity index (χ1n) is 15.8. The van der Waals surface area contributed by atoms with Crippen LogP contribution >= 0.6 is 0 Å². The highest BCUT2D eigenvalue weighted by Crippen LogP contribution is 2.39. The minimum absolute atomic E-state index is 0.138. The molecule has 0 bridgehead atoms. The van der Waals surface area contributed by atoms with Crippen LogP contribution in [0.5, 0.6) is 5.75 Å². The fraction of sp³-hybridized carbons (Fsp3) is 0.457. The lowest BCUT2D eigenvalue weighted by Crippen LogP contribution is -2.52. The molecule has 2 aliphatic rings. The molecule has 1 aliphatic carbocycles. The molecule has 10 heteroatoms. The van der Waals surface area contributed by atoms with Gasteiger partial charge in [-0.15, -0.1) is 10.2 Å². The molecule has 6 rings (SSSR count). The number of piperazine rings is 1. The van der Waals surface area contributed by atoms with Gasteiger partial charge in [0.2, 0.25) is 0 Å². The number of nitrogens with zero attached hydrogens (tertiary/aromatic N) is 6. The summed E-state index contributed by atoms with van der Waals surface area (Å²) in [6.45, 7) is 18.8. The fourth-order valence-electron chi connectivity index (χ4n) is 6.42. The number of carbonyl (C=O) groups is 1. The lowest BCUT2D eigenvalue weighted by atomic mass is 9.85. The molecule has 1 fully saturated rings. The van der Waals surface area contributed by atoms with Crippen molar-refractivity contribution >= 4 is 17.4 Å². The van der Waals surface area contributed by atoms with Crippen LogP contribution in [-0.4, -0.2) is 68.6 Å². The Morgan fingerprint density at radius 1 is 0.956 bits per heavy atom. The molecule has 10 nitrogen and oxygen atoms in total. The second kappa shape index (κ2) is 12.1. The maximum absolute atomic E-state index is 13.2.